The number of amides is 2. The van der Waals surface area contributed by atoms with E-state index in [1.165, 1.54) is 0 Å². The first-order valence-electron chi connectivity index (χ1n) is 5.35. The SMILES string of the molecule is C=CCCCCCON1C(=O)CCC1=O. The minimum absolute atomic E-state index is 0.217. The van der Waals surface area contributed by atoms with Crippen LogP contribution < -0.4 is 0 Å². The Hall–Kier alpha value is -1.16. The lowest BCUT2D eigenvalue weighted by atomic mass is 10.2. The smallest absolute Gasteiger partial charge is 0.253 e. The topological polar surface area (TPSA) is 46.6 Å². The van der Waals surface area contributed by atoms with Crippen molar-refractivity contribution in [3.8, 4) is 0 Å². The fourth-order valence-electron chi connectivity index (χ4n) is 1.42. The fraction of sp³-hybridized carbons (Fsp3) is 0.636. The average molecular weight is 211 g/mol. The molecule has 0 aromatic carbocycles. The van der Waals surface area contributed by atoms with Crippen LogP contribution in [0, 0.1) is 0 Å². The van der Waals surface area contributed by atoms with Crippen molar-refractivity contribution in [2.45, 2.75) is 38.5 Å². The van der Waals surface area contributed by atoms with Crippen molar-refractivity contribution >= 4 is 11.8 Å². The summed E-state index contributed by atoms with van der Waals surface area (Å²) < 4.78 is 0. The first kappa shape index (κ1) is 11.9. The van der Waals surface area contributed by atoms with Crippen molar-refractivity contribution in [2.75, 3.05) is 6.61 Å². The van der Waals surface area contributed by atoms with Crippen LogP contribution in [0.15, 0.2) is 12.7 Å². The standard InChI is InChI=1S/C11H17NO3/c1-2-3-4-5-6-9-15-12-10(13)7-8-11(12)14/h2H,1,3-9H2. The molecule has 1 fully saturated rings. The van der Waals surface area contributed by atoms with Gasteiger partial charge in [-0.3, -0.25) is 14.4 Å². The highest BCUT2D eigenvalue weighted by atomic mass is 16.7. The van der Waals surface area contributed by atoms with E-state index in [0.29, 0.717) is 6.61 Å². The number of rotatable bonds is 7. The second-order valence-corrected chi connectivity index (χ2v) is 3.55. The van der Waals surface area contributed by atoms with E-state index < -0.39 is 0 Å². The number of imide groups is 1. The van der Waals surface area contributed by atoms with Gasteiger partial charge in [0.25, 0.3) is 11.8 Å². The van der Waals surface area contributed by atoms with E-state index >= 15 is 0 Å². The quantitative estimate of drug-likeness (QED) is 0.366. The van der Waals surface area contributed by atoms with Crippen LogP contribution in [0.2, 0.25) is 0 Å². The number of hydrogen-bond acceptors (Lipinski definition) is 3. The van der Waals surface area contributed by atoms with Gasteiger partial charge in [0.2, 0.25) is 0 Å². The highest BCUT2D eigenvalue weighted by molar-refractivity contribution is 6.00. The Morgan fingerprint density at radius 3 is 2.47 bits per heavy atom. The van der Waals surface area contributed by atoms with Crippen LogP contribution >= 0.6 is 0 Å². The summed E-state index contributed by atoms with van der Waals surface area (Å²) in [5.41, 5.74) is 0. The van der Waals surface area contributed by atoms with E-state index in [0.717, 1.165) is 30.7 Å². The Kier molecular flexibility index (Phi) is 5.04. The maximum absolute atomic E-state index is 11.1. The molecule has 4 nitrogen and oxygen atoms in total. The molecule has 0 atom stereocenters. The summed E-state index contributed by atoms with van der Waals surface area (Å²) in [5.74, 6) is -0.433. The zero-order valence-corrected chi connectivity index (χ0v) is 8.91. The Morgan fingerprint density at radius 1 is 1.20 bits per heavy atom. The molecule has 84 valence electrons. The molecule has 0 aliphatic carbocycles. The molecule has 0 aromatic rings. The molecule has 1 heterocycles. The molecule has 1 rings (SSSR count). The van der Waals surface area contributed by atoms with Crippen LogP contribution in [-0.2, 0) is 14.4 Å². The maximum atomic E-state index is 11.1. The van der Waals surface area contributed by atoms with Crippen LogP contribution in [-0.4, -0.2) is 23.5 Å². The van der Waals surface area contributed by atoms with Gasteiger partial charge < -0.3 is 0 Å². The van der Waals surface area contributed by atoms with E-state index in [-0.39, 0.29) is 24.7 Å². The number of nitrogens with zero attached hydrogens (tertiary/aromatic N) is 1. The van der Waals surface area contributed by atoms with Gasteiger partial charge in [-0.2, -0.15) is 5.06 Å². The summed E-state index contributed by atoms with van der Waals surface area (Å²) in [6, 6.07) is 0. The van der Waals surface area contributed by atoms with Crippen LogP contribution in [0.25, 0.3) is 0 Å². The van der Waals surface area contributed by atoms with Crippen molar-refractivity contribution in [3.05, 3.63) is 12.7 Å². The molecule has 0 spiro atoms. The van der Waals surface area contributed by atoms with Crippen LogP contribution in [0.1, 0.15) is 38.5 Å². The third kappa shape index (κ3) is 3.83. The Balaban J connectivity index is 2.06. The van der Waals surface area contributed by atoms with Crippen molar-refractivity contribution in [2.24, 2.45) is 0 Å². The summed E-state index contributed by atoms with van der Waals surface area (Å²) in [4.78, 5) is 27.4. The predicted octanol–water partition coefficient (Wildman–Crippen LogP) is 1.81. The van der Waals surface area contributed by atoms with Gasteiger partial charge in [0.15, 0.2) is 0 Å². The summed E-state index contributed by atoms with van der Waals surface area (Å²) in [6.07, 6.45) is 6.43. The zero-order valence-electron chi connectivity index (χ0n) is 8.91. The molecular formula is C11H17NO3. The molecule has 1 saturated heterocycles. The minimum atomic E-state index is -0.217. The third-order valence-corrected chi connectivity index (χ3v) is 2.28. The lowest BCUT2D eigenvalue weighted by Gasteiger charge is -2.12. The van der Waals surface area contributed by atoms with Crippen molar-refractivity contribution < 1.29 is 14.4 Å². The molecule has 1 aliphatic heterocycles. The largest absolute Gasteiger partial charge is 0.272 e. The van der Waals surface area contributed by atoms with E-state index in [4.69, 9.17) is 4.84 Å². The van der Waals surface area contributed by atoms with Gasteiger partial charge in [-0.15, -0.1) is 6.58 Å². The number of hydrogen-bond donors (Lipinski definition) is 0. The molecule has 1 aliphatic rings. The summed E-state index contributed by atoms with van der Waals surface area (Å²) in [7, 11) is 0. The molecule has 0 aromatic heterocycles. The Morgan fingerprint density at radius 2 is 1.87 bits per heavy atom. The van der Waals surface area contributed by atoms with E-state index in [9.17, 15) is 9.59 Å². The number of carbonyl (C=O) groups excluding carboxylic acids is 2. The monoisotopic (exact) mass is 211 g/mol. The van der Waals surface area contributed by atoms with Gasteiger partial charge in [0.05, 0.1) is 6.61 Å². The number of hydroxylamine groups is 2. The first-order chi connectivity index (χ1) is 7.25. The van der Waals surface area contributed by atoms with Crippen LogP contribution in [0.3, 0.4) is 0 Å². The van der Waals surface area contributed by atoms with Crippen LogP contribution in [0.5, 0.6) is 0 Å². The second-order valence-electron chi connectivity index (χ2n) is 3.55. The van der Waals surface area contributed by atoms with Gasteiger partial charge in [-0.1, -0.05) is 12.5 Å². The lowest BCUT2D eigenvalue weighted by Crippen LogP contribution is -2.29. The molecule has 15 heavy (non-hydrogen) atoms. The highest BCUT2D eigenvalue weighted by Gasteiger charge is 2.29. The molecule has 2 amide bonds. The molecule has 0 N–H and O–H groups in total. The second kappa shape index (κ2) is 6.35. The summed E-state index contributed by atoms with van der Waals surface area (Å²) >= 11 is 0. The minimum Gasteiger partial charge on any atom is -0.272 e. The maximum Gasteiger partial charge on any atom is 0.253 e. The van der Waals surface area contributed by atoms with Gasteiger partial charge in [0.1, 0.15) is 0 Å². The number of allylic oxidation sites excluding steroid dienone is 1. The fourth-order valence-corrected chi connectivity index (χ4v) is 1.42. The zero-order chi connectivity index (χ0) is 11.1. The molecule has 0 radical (unpaired) electrons. The molecule has 0 saturated carbocycles. The van der Waals surface area contributed by atoms with Gasteiger partial charge >= 0.3 is 0 Å². The van der Waals surface area contributed by atoms with Crippen molar-refractivity contribution in [1.29, 1.82) is 0 Å². The summed E-state index contributed by atoms with van der Waals surface area (Å²) in [6.45, 7) is 4.07. The van der Waals surface area contributed by atoms with Gasteiger partial charge in [-0.05, 0) is 19.3 Å². The number of unbranched alkanes of at least 4 members (excludes halogenated alkanes) is 3. The molecular weight excluding hydrogens is 194 g/mol. The number of carbonyl (C=O) groups is 2. The first-order valence-corrected chi connectivity index (χ1v) is 5.35. The van der Waals surface area contributed by atoms with Gasteiger partial charge in [0, 0.05) is 12.8 Å². The average Bonchev–Trinajstić information content (AvgIpc) is 2.54. The molecule has 0 unspecified atom stereocenters. The third-order valence-electron chi connectivity index (χ3n) is 2.28. The van der Waals surface area contributed by atoms with E-state index in [2.05, 4.69) is 6.58 Å². The van der Waals surface area contributed by atoms with Crippen molar-refractivity contribution in [1.82, 2.24) is 5.06 Å². The van der Waals surface area contributed by atoms with E-state index in [1.54, 1.807) is 0 Å². The van der Waals surface area contributed by atoms with Crippen LogP contribution in [0.4, 0.5) is 0 Å². The molecule has 4 heteroatoms. The van der Waals surface area contributed by atoms with Crippen molar-refractivity contribution in [3.63, 3.8) is 0 Å². The highest BCUT2D eigenvalue weighted by Crippen LogP contribution is 2.12. The Bertz CT molecular complexity index is 234. The molecule has 0 bridgehead atoms. The van der Waals surface area contributed by atoms with E-state index in [1.807, 2.05) is 6.08 Å². The predicted molar refractivity (Wildman–Crippen MR) is 55.7 cm³/mol. The Labute approximate surface area is 89.8 Å². The normalized spacial score (nSPS) is 16.1. The van der Waals surface area contributed by atoms with Gasteiger partial charge in [-0.25, -0.2) is 0 Å². The lowest BCUT2D eigenvalue weighted by molar-refractivity contribution is -0.187. The summed E-state index contributed by atoms with van der Waals surface area (Å²) in [5, 5.41) is 0.910.